The van der Waals surface area contributed by atoms with E-state index in [-0.39, 0.29) is 23.8 Å². The van der Waals surface area contributed by atoms with Crippen LogP contribution in [0.15, 0.2) is 76.5 Å². The van der Waals surface area contributed by atoms with Crippen LogP contribution in [0.25, 0.3) is 22.1 Å². The number of hydrogen-bond donors (Lipinski definition) is 1. The van der Waals surface area contributed by atoms with Gasteiger partial charge in [0.25, 0.3) is 10.0 Å². The zero-order valence-corrected chi connectivity index (χ0v) is 20.5. The first kappa shape index (κ1) is 25.9. The summed E-state index contributed by atoms with van der Waals surface area (Å²) in [5.74, 6) is -1.04. The number of aromatic nitrogens is 1. The number of halogens is 4. The Balaban J connectivity index is 1.28. The van der Waals surface area contributed by atoms with Crippen LogP contribution in [0, 0.1) is 5.82 Å². The molecule has 7 nitrogen and oxygen atoms in total. The summed E-state index contributed by atoms with van der Waals surface area (Å²) in [7, 11) is -4.16. The van der Waals surface area contributed by atoms with Crippen molar-refractivity contribution in [1.29, 1.82) is 0 Å². The normalized spacial score (nSPS) is 16.7. The van der Waals surface area contributed by atoms with Gasteiger partial charge in [-0.05, 0) is 60.4 Å². The topological polar surface area (TPSA) is 92.5 Å². The lowest BCUT2D eigenvalue weighted by atomic mass is 10.0. The largest absolute Gasteiger partial charge is 0.443 e. The first-order valence-corrected chi connectivity index (χ1v) is 13.1. The van der Waals surface area contributed by atoms with E-state index in [2.05, 4.69) is 10.3 Å². The number of fused-ring (bicyclic) bond motifs is 1. The number of alkyl halides is 3. The first-order valence-electron chi connectivity index (χ1n) is 11.6. The van der Waals surface area contributed by atoms with Crippen molar-refractivity contribution in [2.75, 3.05) is 6.54 Å². The molecule has 1 fully saturated rings. The van der Waals surface area contributed by atoms with Gasteiger partial charge < -0.3 is 9.73 Å². The summed E-state index contributed by atoms with van der Waals surface area (Å²) in [5, 5.41) is 2.65. The van der Waals surface area contributed by atoms with E-state index < -0.39 is 39.5 Å². The number of benzene rings is 2. The fourth-order valence-corrected chi connectivity index (χ4v) is 6.03. The number of carbonyl (C=O) groups excluding carboxylic acids is 1. The second kappa shape index (κ2) is 9.84. The molecule has 0 saturated carbocycles. The average molecular weight is 548 g/mol. The summed E-state index contributed by atoms with van der Waals surface area (Å²) in [6.45, 7) is 0.158. The summed E-state index contributed by atoms with van der Waals surface area (Å²) in [4.78, 5) is 17.1. The van der Waals surface area contributed by atoms with E-state index in [4.69, 9.17) is 4.42 Å². The molecule has 1 aliphatic heterocycles. The molecule has 3 heterocycles. The van der Waals surface area contributed by atoms with Gasteiger partial charge in [0.1, 0.15) is 17.4 Å². The minimum atomic E-state index is -4.44. The molecule has 4 aromatic rings. The average Bonchev–Trinajstić information content (AvgIpc) is 3.55. The first-order chi connectivity index (χ1) is 18.0. The molecule has 1 saturated heterocycles. The highest BCUT2D eigenvalue weighted by Gasteiger charge is 2.41. The van der Waals surface area contributed by atoms with Gasteiger partial charge in [0, 0.05) is 42.5 Å². The van der Waals surface area contributed by atoms with Gasteiger partial charge in [-0.15, -0.1) is 0 Å². The second-order valence-corrected chi connectivity index (χ2v) is 10.7. The molecule has 5 rings (SSSR count). The fraction of sp³-hybridized carbons (Fsp3) is 0.231. The number of nitrogens with one attached hydrogen (secondary N) is 1. The third-order valence-corrected chi connectivity index (χ3v) is 8.10. The maximum absolute atomic E-state index is 13.5. The van der Waals surface area contributed by atoms with Crippen molar-refractivity contribution in [2.24, 2.45) is 0 Å². The summed E-state index contributed by atoms with van der Waals surface area (Å²) < 4.78 is 85.0. The van der Waals surface area contributed by atoms with Crippen LogP contribution in [-0.4, -0.2) is 36.2 Å². The molecule has 0 bridgehead atoms. The molecular weight excluding hydrogens is 526 g/mol. The van der Waals surface area contributed by atoms with E-state index in [0.717, 1.165) is 22.5 Å². The summed E-state index contributed by atoms with van der Waals surface area (Å²) in [6, 6.07) is 10.3. The maximum Gasteiger partial charge on any atom is 0.416 e. The molecule has 38 heavy (non-hydrogen) atoms. The zero-order valence-electron chi connectivity index (χ0n) is 19.7. The molecule has 0 radical (unpaired) electrons. The Bertz CT molecular complexity index is 1600. The summed E-state index contributed by atoms with van der Waals surface area (Å²) >= 11 is 0. The van der Waals surface area contributed by atoms with Crippen LogP contribution in [0.2, 0.25) is 0 Å². The molecule has 1 aliphatic rings. The van der Waals surface area contributed by atoms with Crippen LogP contribution in [0.5, 0.6) is 0 Å². The SMILES string of the molecule is O=C(NCc1cncc(-c2ccc(C(F)(F)F)cc2)c1)C1CCCN1S(=O)(=O)c1cc2cc(F)ccc2o1. The van der Waals surface area contributed by atoms with Gasteiger partial charge in [-0.1, -0.05) is 12.1 Å². The van der Waals surface area contributed by atoms with Crippen LogP contribution < -0.4 is 5.32 Å². The summed E-state index contributed by atoms with van der Waals surface area (Å²) in [6.07, 6.45) is -0.656. The molecule has 1 N–H and O–H groups in total. The van der Waals surface area contributed by atoms with Crippen molar-refractivity contribution >= 4 is 26.9 Å². The van der Waals surface area contributed by atoms with Gasteiger partial charge in [-0.3, -0.25) is 9.78 Å². The van der Waals surface area contributed by atoms with Crippen molar-refractivity contribution in [3.8, 4) is 11.1 Å². The molecule has 1 atom stereocenters. The Hall–Kier alpha value is -3.77. The summed E-state index contributed by atoms with van der Waals surface area (Å²) in [5.41, 5.74) is 1.13. The molecule has 198 valence electrons. The predicted octanol–water partition coefficient (Wildman–Crippen LogP) is 5.12. The number of carbonyl (C=O) groups is 1. The third kappa shape index (κ3) is 5.14. The van der Waals surface area contributed by atoms with Crippen molar-refractivity contribution in [3.05, 3.63) is 83.9 Å². The van der Waals surface area contributed by atoms with E-state index >= 15 is 0 Å². The Kier molecular flexibility index (Phi) is 6.70. The smallest absolute Gasteiger partial charge is 0.416 e. The lowest BCUT2D eigenvalue weighted by molar-refractivity contribution is -0.137. The lowest BCUT2D eigenvalue weighted by Crippen LogP contribution is -2.45. The van der Waals surface area contributed by atoms with E-state index in [9.17, 15) is 30.8 Å². The number of rotatable bonds is 6. The van der Waals surface area contributed by atoms with E-state index in [1.165, 1.54) is 42.7 Å². The minimum Gasteiger partial charge on any atom is -0.443 e. The fourth-order valence-electron chi connectivity index (χ4n) is 4.42. The highest BCUT2D eigenvalue weighted by atomic mass is 32.2. The Labute approximate surface area is 215 Å². The zero-order chi connectivity index (χ0) is 27.1. The lowest BCUT2D eigenvalue weighted by Gasteiger charge is -2.22. The molecule has 12 heteroatoms. The Morgan fingerprint density at radius 1 is 1.05 bits per heavy atom. The highest BCUT2D eigenvalue weighted by Crippen LogP contribution is 2.32. The van der Waals surface area contributed by atoms with Crippen molar-refractivity contribution in [2.45, 2.75) is 36.7 Å². The minimum absolute atomic E-state index is 0.0363. The maximum atomic E-state index is 13.5. The van der Waals surface area contributed by atoms with Crippen molar-refractivity contribution < 1.29 is 35.2 Å². The molecular formula is C26H21F4N3O4S. The number of hydrogen-bond acceptors (Lipinski definition) is 5. The standard InChI is InChI=1S/C26H21F4N3O4S/c27-21-7-8-23-18(11-21)12-24(37-23)38(35,36)33-9-1-2-22(33)25(34)32-14-16-10-19(15-31-13-16)17-3-5-20(6-4-17)26(28,29)30/h3-8,10-13,15,22H,1-2,9,14H2,(H,32,34). The van der Waals surface area contributed by atoms with Crippen LogP contribution in [0.4, 0.5) is 17.6 Å². The monoisotopic (exact) mass is 547 g/mol. The van der Waals surface area contributed by atoms with Crippen LogP contribution in [0.1, 0.15) is 24.0 Å². The Morgan fingerprint density at radius 2 is 1.82 bits per heavy atom. The van der Waals surface area contributed by atoms with Crippen LogP contribution in [-0.2, 0) is 27.5 Å². The molecule has 1 unspecified atom stereocenters. The van der Waals surface area contributed by atoms with E-state index in [1.807, 2.05) is 0 Å². The van der Waals surface area contributed by atoms with Crippen LogP contribution >= 0.6 is 0 Å². The van der Waals surface area contributed by atoms with Gasteiger partial charge >= 0.3 is 6.18 Å². The quantitative estimate of drug-likeness (QED) is 0.338. The molecule has 1 amide bonds. The van der Waals surface area contributed by atoms with Gasteiger partial charge in [0.05, 0.1) is 5.56 Å². The number of sulfonamides is 1. The number of pyridine rings is 1. The van der Waals surface area contributed by atoms with Crippen molar-refractivity contribution in [1.82, 2.24) is 14.6 Å². The third-order valence-electron chi connectivity index (χ3n) is 6.33. The molecule has 2 aromatic carbocycles. The van der Waals surface area contributed by atoms with Gasteiger partial charge in [-0.25, -0.2) is 12.8 Å². The second-order valence-electron chi connectivity index (χ2n) is 8.90. The van der Waals surface area contributed by atoms with E-state index in [0.29, 0.717) is 34.9 Å². The highest BCUT2D eigenvalue weighted by molar-refractivity contribution is 7.89. The number of furan rings is 1. The predicted molar refractivity (Wildman–Crippen MR) is 130 cm³/mol. The van der Waals surface area contributed by atoms with Gasteiger partial charge in [0.15, 0.2) is 0 Å². The molecule has 0 aliphatic carbocycles. The molecule has 0 spiro atoms. The number of nitrogens with zero attached hydrogens (tertiary/aromatic N) is 2. The van der Waals surface area contributed by atoms with Gasteiger partial charge in [-0.2, -0.15) is 17.5 Å². The Morgan fingerprint density at radius 3 is 2.55 bits per heavy atom. The van der Waals surface area contributed by atoms with Crippen LogP contribution in [0.3, 0.4) is 0 Å². The van der Waals surface area contributed by atoms with Crippen molar-refractivity contribution in [3.63, 3.8) is 0 Å². The van der Waals surface area contributed by atoms with E-state index in [1.54, 1.807) is 6.07 Å². The van der Waals surface area contributed by atoms with Gasteiger partial charge in [0.2, 0.25) is 11.0 Å². The molecule has 2 aromatic heterocycles. The number of amides is 1.